The molecule has 0 radical (unpaired) electrons. The standard InChI is InChI=1S/C23H29NO5/c1-16(2)24(17(3)4)22(25)15-29-23(26)19-11-12-20(21(13-19)27-5)28-14-18-9-7-6-8-10-18/h6-13,16-17H,14-15H2,1-5H3. The maximum atomic E-state index is 12.4. The van der Waals surface area contributed by atoms with Gasteiger partial charge in [0.25, 0.3) is 5.91 Å². The first-order valence-corrected chi connectivity index (χ1v) is 9.66. The van der Waals surface area contributed by atoms with Crippen molar-refractivity contribution in [1.29, 1.82) is 0 Å². The molecule has 0 aliphatic carbocycles. The molecule has 156 valence electrons. The lowest BCUT2D eigenvalue weighted by Crippen LogP contribution is -2.44. The van der Waals surface area contributed by atoms with Gasteiger partial charge >= 0.3 is 5.97 Å². The van der Waals surface area contributed by atoms with Gasteiger partial charge in [0.2, 0.25) is 0 Å². The van der Waals surface area contributed by atoms with E-state index in [4.69, 9.17) is 14.2 Å². The van der Waals surface area contributed by atoms with Crippen molar-refractivity contribution in [2.45, 2.75) is 46.4 Å². The topological polar surface area (TPSA) is 65.1 Å². The second-order valence-corrected chi connectivity index (χ2v) is 7.20. The SMILES string of the molecule is COc1cc(C(=O)OCC(=O)N(C(C)C)C(C)C)ccc1OCc1ccccc1. The van der Waals surface area contributed by atoms with Crippen LogP contribution in [0.1, 0.15) is 43.6 Å². The number of benzene rings is 2. The van der Waals surface area contributed by atoms with Crippen LogP contribution in [0.2, 0.25) is 0 Å². The van der Waals surface area contributed by atoms with Crippen molar-refractivity contribution < 1.29 is 23.8 Å². The monoisotopic (exact) mass is 399 g/mol. The Bertz CT molecular complexity index is 809. The zero-order chi connectivity index (χ0) is 21.4. The van der Waals surface area contributed by atoms with Crippen LogP contribution >= 0.6 is 0 Å². The van der Waals surface area contributed by atoms with Crippen LogP contribution < -0.4 is 9.47 Å². The Hall–Kier alpha value is -3.02. The van der Waals surface area contributed by atoms with Crippen molar-refractivity contribution >= 4 is 11.9 Å². The first-order valence-electron chi connectivity index (χ1n) is 9.66. The summed E-state index contributed by atoms with van der Waals surface area (Å²) in [6.45, 7) is 7.80. The fourth-order valence-electron chi connectivity index (χ4n) is 3.11. The molecule has 6 nitrogen and oxygen atoms in total. The first kappa shape index (κ1) is 22.3. The minimum Gasteiger partial charge on any atom is -0.493 e. The largest absolute Gasteiger partial charge is 0.493 e. The summed E-state index contributed by atoms with van der Waals surface area (Å²) in [5.74, 6) is 0.138. The fourth-order valence-corrected chi connectivity index (χ4v) is 3.11. The van der Waals surface area contributed by atoms with Gasteiger partial charge in [-0.05, 0) is 51.5 Å². The molecule has 0 saturated carbocycles. The van der Waals surface area contributed by atoms with Gasteiger partial charge in [-0.3, -0.25) is 4.79 Å². The predicted octanol–water partition coefficient (Wildman–Crippen LogP) is 4.08. The number of hydrogen-bond acceptors (Lipinski definition) is 5. The smallest absolute Gasteiger partial charge is 0.338 e. The highest BCUT2D eigenvalue weighted by Gasteiger charge is 2.22. The van der Waals surface area contributed by atoms with Gasteiger partial charge in [0.1, 0.15) is 6.61 Å². The lowest BCUT2D eigenvalue weighted by molar-refractivity contribution is -0.138. The maximum absolute atomic E-state index is 12.4. The van der Waals surface area contributed by atoms with E-state index >= 15 is 0 Å². The summed E-state index contributed by atoms with van der Waals surface area (Å²) < 4.78 is 16.3. The van der Waals surface area contributed by atoms with E-state index in [0.717, 1.165) is 5.56 Å². The van der Waals surface area contributed by atoms with Crippen molar-refractivity contribution in [3.63, 3.8) is 0 Å². The van der Waals surface area contributed by atoms with Crippen LogP contribution in [0.5, 0.6) is 11.5 Å². The zero-order valence-electron chi connectivity index (χ0n) is 17.7. The third-order valence-electron chi connectivity index (χ3n) is 4.36. The van der Waals surface area contributed by atoms with E-state index in [1.165, 1.54) is 7.11 Å². The van der Waals surface area contributed by atoms with Crippen molar-refractivity contribution in [1.82, 2.24) is 4.90 Å². The number of carbonyl (C=O) groups is 2. The zero-order valence-corrected chi connectivity index (χ0v) is 17.7. The lowest BCUT2D eigenvalue weighted by atomic mass is 10.2. The first-order chi connectivity index (χ1) is 13.8. The number of ether oxygens (including phenoxy) is 3. The molecular formula is C23H29NO5. The Labute approximate surface area is 172 Å². The van der Waals surface area contributed by atoms with Crippen molar-refractivity contribution in [3.05, 3.63) is 59.7 Å². The molecule has 6 heteroatoms. The molecule has 0 saturated heterocycles. The molecule has 0 bridgehead atoms. The van der Waals surface area contributed by atoms with E-state index in [1.54, 1.807) is 23.1 Å². The van der Waals surface area contributed by atoms with Crippen LogP contribution in [0, 0.1) is 0 Å². The summed E-state index contributed by atoms with van der Waals surface area (Å²) in [6, 6.07) is 14.6. The molecule has 1 amide bonds. The summed E-state index contributed by atoms with van der Waals surface area (Å²) in [5.41, 5.74) is 1.32. The minimum atomic E-state index is -0.585. The van der Waals surface area contributed by atoms with Crippen LogP contribution in [0.25, 0.3) is 0 Å². The molecule has 0 atom stereocenters. The average Bonchev–Trinajstić information content (AvgIpc) is 2.70. The van der Waals surface area contributed by atoms with Gasteiger partial charge in [0.15, 0.2) is 18.1 Å². The van der Waals surface area contributed by atoms with Crippen LogP contribution in [0.3, 0.4) is 0 Å². The van der Waals surface area contributed by atoms with Gasteiger partial charge < -0.3 is 19.1 Å². The van der Waals surface area contributed by atoms with Crippen LogP contribution in [0.15, 0.2) is 48.5 Å². The summed E-state index contributed by atoms with van der Waals surface area (Å²) in [5, 5.41) is 0. The summed E-state index contributed by atoms with van der Waals surface area (Å²) in [4.78, 5) is 26.4. The summed E-state index contributed by atoms with van der Waals surface area (Å²) >= 11 is 0. The van der Waals surface area contributed by atoms with E-state index in [0.29, 0.717) is 23.7 Å². The molecular weight excluding hydrogens is 370 g/mol. The van der Waals surface area contributed by atoms with Crippen LogP contribution in [0.4, 0.5) is 0 Å². The maximum Gasteiger partial charge on any atom is 0.338 e. The number of rotatable bonds is 9. The molecule has 0 unspecified atom stereocenters. The molecule has 2 rings (SSSR count). The number of nitrogens with zero attached hydrogens (tertiary/aromatic N) is 1. The minimum absolute atomic E-state index is 0.0299. The number of hydrogen-bond donors (Lipinski definition) is 0. The van der Waals surface area contributed by atoms with E-state index in [-0.39, 0.29) is 24.6 Å². The number of amides is 1. The van der Waals surface area contributed by atoms with E-state index in [2.05, 4.69) is 0 Å². The van der Waals surface area contributed by atoms with Crippen LogP contribution in [-0.4, -0.2) is 42.6 Å². The highest BCUT2D eigenvalue weighted by Crippen LogP contribution is 2.29. The molecule has 2 aromatic rings. The molecule has 0 heterocycles. The molecule has 0 aliphatic heterocycles. The van der Waals surface area contributed by atoms with Gasteiger partial charge in [-0.25, -0.2) is 4.79 Å². The second kappa shape index (κ2) is 10.5. The number of carbonyl (C=O) groups excluding carboxylic acids is 2. The molecule has 0 spiro atoms. The Kier molecular flexibility index (Phi) is 8.07. The average molecular weight is 399 g/mol. The molecule has 29 heavy (non-hydrogen) atoms. The molecule has 0 N–H and O–H groups in total. The van der Waals surface area contributed by atoms with Gasteiger partial charge in [0.05, 0.1) is 12.7 Å². The molecule has 2 aromatic carbocycles. The Morgan fingerprint density at radius 1 is 0.931 bits per heavy atom. The molecule has 0 fully saturated rings. The normalized spacial score (nSPS) is 10.7. The highest BCUT2D eigenvalue weighted by atomic mass is 16.5. The third-order valence-corrected chi connectivity index (χ3v) is 4.36. The third kappa shape index (κ3) is 6.24. The lowest BCUT2D eigenvalue weighted by Gasteiger charge is -2.30. The van der Waals surface area contributed by atoms with E-state index in [9.17, 15) is 9.59 Å². The van der Waals surface area contributed by atoms with Crippen molar-refractivity contribution in [2.75, 3.05) is 13.7 Å². The molecule has 0 aromatic heterocycles. The van der Waals surface area contributed by atoms with E-state index < -0.39 is 5.97 Å². The summed E-state index contributed by atoms with van der Waals surface area (Å²) in [6.07, 6.45) is 0. The molecule has 0 aliphatic rings. The van der Waals surface area contributed by atoms with Crippen LogP contribution in [-0.2, 0) is 16.1 Å². The predicted molar refractivity (Wildman–Crippen MR) is 111 cm³/mol. The quantitative estimate of drug-likeness (QED) is 0.595. The second-order valence-electron chi connectivity index (χ2n) is 7.20. The van der Waals surface area contributed by atoms with Gasteiger partial charge in [-0.1, -0.05) is 30.3 Å². The van der Waals surface area contributed by atoms with Crippen molar-refractivity contribution in [3.8, 4) is 11.5 Å². The highest BCUT2D eigenvalue weighted by molar-refractivity contribution is 5.92. The Morgan fingerprint density at radius 2 is 1.59 bits per heavy atom. The van der Waals surface area contributed by atoms with Gasteiger partial charge in [-0.2, -0.15) is 0 Å². The number of methoxy groups -OCH3 is 1. The van der Waals surface area contributed by atoms with Crippen molar-refractivity contribution in [2.24, 2.45) is 0 Å². The Balaban J connectivity index is 2.01. The van der Waals surface area contributed by atoms with Gasteiger partial charge in [0, 0.05) is 12.1 Å². The van der Waals surface area contributed by atoms with E-state index in [1.807, 2.05) is 58.0 Å². The number of esters is 1. The Morgan fingerprint density at radius 3 is 2.17 bits per heavy atom. The van der Waals surface area contributed by atoms with Gasteiger partial charge in [-0.15, -0.1) is 0 Å². The summed E-state index contributed by atoms with van der Waals surface area (Å²) in [7, 11) is 1.51. The fraction of sp³-hybridized carbons (Fsp3) is 0.391.